The Bertz CT molecular complexity index is 611. The fraction of sp³-hybridized carbons (Fsp3) is 0.438. The van der Waals surface area contributed by atoms with Gasteiger partial charge in [0.1, 0.15) is 5.82 Å². The number of anilines is 1. The topological polar surface area (TPSA) is 54.4 Å². The molecule has 1 aliphatic heterocycles. The molecule has 1 saturated heterocycles. The molecule has 0 aliphatic carbocycles. The minimum absolute atomic E-state index is 0.438. The highest BCUT2D eigenvalue weighted by Crippen LogP contribution is 2.18. The Balaban J connectivity index is 1.61. The van der Waals surface area contributed by atoms with Gasteiger partial charge in [0.15, 0.2) is 0 Å². The Morgan fingerprint density at radius 3 is 2.68 bits per heavy atom. The lowest BCUT2D eigenvalue weighted by atomic mass is 10.2. The maximum Gasteiger partial charge on any atom is 0.318 e. The normalized spacial score (nSPS) is 15.8. The van der Waals surface area contributed by atoms with Gasteiger partial charge < -0.3 is 9.64 Å². The van der Waals surface area contributed by atoms with Crippen molar-refractivity contribution in [3.63, 3.8) is 0 Å². The zero-order valence-electron chi connectivity index (χ0n) is 13.1. The van der Waals surface area contributed by atoms with Crippen LogP contribution in [0.3, 0.4) is 0 Å². The number of hydrogen-bond donors (Lipinski definition) is 0. The van der Waals surface area contributed by atoms with Gasteiger partial charge >= 0.3 is 6.01 Å². The molecule has 0 saturated carbocycles. The number of pyridine rings is 1. The second-order valence-electron chi connectivity index (χ2n) is 5.48. The largest absolute Gasteiger partial charge is 0.467 e. The lowest BCUT2D eigenvalue weighted by Crippen LogP contribution is -2.46. The summed E-state index contributed by atoms with van der Waals surface area (Å²) in [6.45, 7) is 6.86. The van der Waals surface area contributed by atoms with Crippen LogP contribution in [0.5, 0.6) is 6.01 Å². The molecule has 0 N–H and O–H groups in total. The van der Waals surface area contributed by atoms with Crippen molar-refractivity contribution in [2.24, 2.45) is 0 Å². The van der Waals surface area contributed by atoms with Crippen LogP contribution in [0.25, 0.3) is 0 Å². The van der Waals surface area contributed by atoms with Crippen LogP contribution in [-0.4, -0.2) is 53.1 Å². The van der Waals surface area contributed by atoms with Gasteiger partial charge in [-0.05, 0) is 18.6 Å². The summed E-state index contributed by atoms with van der Waals surface area (Å²) in [6, 6.07) is 6.56. The van der Waals surface area contributed by atoms with Crippen LogP contribution in [0.2, 0.25) is 0 Å². The summed E-state index contributed by atoms with van der Waals surface area (Å²) in [5.74, 6) is 0.949. The van der Waals surface area contributed by atoms with E-state index in [0.717, 1.165) is 44.2 Å². The highest BCUT2D eigenvalue weighted by molar-refractivity contribution is 5.41. The molecule has 22 heavy (non-hydrogen) atoms. The summed E-state index contributed by atoms with van der Waals surface area (Å²) in [5, 5.41) is 0. The van der Waals surface area contributed by atoms with Crippen LogP contribution in [0.15, 0.2) is 30.6 Å². The number of rotatable bonds is 4. The van der Waals surface area contributed by atoms with E-state index in [0.29, 0.717) is 6.01 Å². The van der Waals surface area contributed by atoms with Gasteiger partial charge in [0.2, 0.25) is 0 Å². The number of hydrogen-bond acceptors (Lipinski definition) is 6. The molecule has 0 atom stereocenters. The van der Waals surface area contributed by atoms with Crippen molar-refractivity contribution in [2.45, 2.75) is 13.5 Å². The summed E-state index contributed by atoms with van der Waals surface area (Å²) < 4.78 is 5.16. The molecule has 0 bridgehead atoms. The molecule has 1 fully saturated rings. The third-order valence-corrected chi connectivity index (χ3v) is 3.83. The average Bonchev–Trinajstić information content (AvgIpc) is 2.56. The second-order valence-corrected chi connectivity index (χ2v) is 5.48. The SMILES string of the molecule is COc1nc(C)cc(N2CCN(Cc3cccnc3)CC2)n1. The maximum atomic E-state index is 5.16. The lowest BCUT2D eigenvalue weighted by Gasteiger charge is -2.35. The zero-order chi connectivity index (χ0) is 15.4. The maximum absolute atomic E-state index is 5.16. The van der Waals surface area contributed by atoms with Crippen molar-refractivity contribution in [3.05, 3.63) is 41.9 Å². The molecule has 0 radical (unpaired) electrons. The van der Waals surface area contributed by atoms with E-state index in [4.69, 9.17) is 4.74 Å². The third-order valence-electron chi connectivity index (χ3n) is 3.83. The summed E-state index contributed by atoms with van der Waals surface area (Å²) >= 11 is 0. The Morgan fingerprint density at radius 1 is 1.18 bits per heavy atom. The van der Waals surface area contributed by atoms with Crippen molar-refractivity contribution in [2.75, 3.05) is 38.2 Å². The smallest absolute Gasteiger partial charge is 0.318 e. The van der Waals surface area contributed by atoms with Gasteiger partial charge in [-0.3, -0.25) is 9.88 Å². The van der Waals surface area contributed by atoms with E-state index in [9.17, 15) is 0 Å². The van der Waals surface area contributed by atoms with E-state index < -0.39 is 0 Å². The fourth-order valence-corrected chi connectivity index (χ4v) is 2.66. The standard InChI is InChI=1S/C16H21N5O/c1-13-10-15(19-16(18-13)22-2)21-8-6-20(7-9-21)12-14-4-3-5-17-11-14/h3-5,10-11H,6-9,12H2,1-2H3. The molecule has 3 rings (SSSR count). The summed E-state index contributed by atoms with van der Waals surface area (Å²) in [4.78, 5) is 17.6. The Morgan fingerprint density at radius 2 is 2.00 bits per heavy atom. The molecule has 6 nitrogen and oxygen atoms in total. The van der Waals surface area contributed by atoms with Crippen molar-refractivity contribution in [3.8, 4) is 6.01 Å². The summed E-state index contributed by atoms with van der Waals surface area (Å²) in [5.41, 5.74) is 2.19. The van der Waals surface area contributed by atoms with Crippen LogP contribution in [-0.2, 0) is 6.54 Å². The van der Waals surface area contributed by atoms with E-state index in [-0.39, 0.29) is 0 Å². The average molecular weight is 299 g/mol. The molecule has 0 spiro atoms. The first kappa shape index (κ1) is 14.7. The van der Waals surface area contributed by atoms with E-state index in [1.165, 1.54) is 5.56 Å². The van der Waals surface area contributed by atoms with Gasteiger partial charge in [0, 0.05) is 56.9 Å². The Labute approximate surface area is 130 Å². The third kappa shape index (κ3) is 3.51. The van der Waals surface area contributed by atoms with Crippen LogP contribution in [0, 0.1) is 6.92 Å². The Kier molecular flexibility index (Phi) is 4.48. The van der Waals surface area contributed by atoms with Crippen molar-refractivity contribution in [1.82, 2.24) is 19.9 Å². The molecule has 0 aromatic carbocycles. The minimum atomic E-state index is 0.438. The van der Waals surface area contributed by atoms with Gasteiger partial charge in [-0.1, -0.05) is 6.07 Å². The van der Waals surface area contributed by atoms with E-state index >= 15 is 0 Å². The number of methoxy groups -OCH3 is 1. The van der Waals surface area contributed by atoms with Crippen molar-refractivity contribution < 1.29 is 4.74 Å². The molecule has 2 aromatic heterocycles. The quantitative estimate of drug-likeness (QED) is 0.853. The molecule has 6 heteroatoms. The fourth-order valence-electron chi connectivity index (χ4n) is 2.66. The number of ether oxygens (including phenoxy) is 1. The molecular weight excluding hydrogens is 278 g/mol. The van der Waals surface area contributed by atoms with Gasteiger partial charge in [-0.2, -0.15) is 4.98 Å². The summed E-state index contributed by atoms with van der Waals surface area (Å²) in [6.07, 6.45) is 3.75. The number of nitrogens with zero attached hydrogens (tertiary/aromatic N) is 5. The highest BCUT2D eigenvalue weighted by Gasteiger charge is 2.19. The van der Waals surface area contributed by atoms with Crippen LogP contribution >= 0.6 is 0 Å². The van der Waals surface area contributed by atoms with E-state index in [1.807, 2.05) is 31.5 Å². The van der Waals surface area contributed by atoms with Crippen LogP contribution in [0.4, 0.5) is 5.82 Å². The molecule has 2 aromatic rings. The predicted octanol–water partition coefficient (Wildman–Crippen LogP) is 1.51. The number of aromatic nitrogens is 3. The van der Waals surface area contributed by atoms with Gasteiger partial charge in [0.05, 0.1) is 7.11 Å². The lowest BCUT2D eigenvalue weighted by molar-refractivity contribution is 0.248. The molecule has 3 heterocycles. The van der Waals surface area contributed by atoms with Crippen molar-refractivity contribution in [1.29, 1.82) is 0 Å². The van der Waals surface area contributed by atoms with Crippen LogP contribution < -0.4 is 9.64 Å². The summed E-state index contributed by atoms with van der Waals surface area (Å²) in [7, 11) is 1.60. The van der Waals surface area contributed by atoms with Gasteiger partial charge in [-0.15, -0.1) is 0 Å². The first-order valence-corrected chi connectivity index (χ1v) is 7.50. The molecule has 1 aliphatic rings. The number of piperazine rings is 1. The number of aryl methyl sites for hydroxylation is 1. The molecule has 0 unspecified atom stereocenters. The van der Waals surface area contributed by atoms with E-state index in [1.54, 1.807) is 7.11 Å². The first-order chi connectivity index (χ1) is 10.7. The van der Waals surface area contributed by atoms with E-state index in [2.05, 4.69) is 30.8 Å². The molecule has 0 amide bonds. The second kappa shape index (κ2) is 6.70. The van der Waals surface area contributed by atoms with Crippen LogP contribution in [0.1, 0.15) is 11.3 Å². The van der Waals surface area contributed by atoms with Gasteiger partial charge in [0.25, 0.3) is 0 Å². The van der Waals surface area contributed by atoms with Gasteiger partial charge in [-0.25, -0.2) is 4.98 Å². The molecule has 116 valence electrons. The first-order valence-electron chi connectivity index (χ1n) is 7.50. The predicted molar refractivity (Wildman–Crippen MR) is 85.0 cm³/mol. The Hall–Kier alpha value is -2.21. The zero-order valence-corrected chi connectivity index (χ0v) is 13.1. The molecular formula is C16H21N5O. The minimum Gasteiger partial charge on any atom is -0.467 e. The monoisotopic (exact) mass is 299 g/mol. The highest BCUT2D eigenvalue weighted by atomic mass is 16.5. The van der Waals surface area contributed by atoms with Crippen molar-refractivity contribution >= 4 is 5.82 Å².